The van der Waals surface area contributed by atoms with Crippen molar-refractivity contribution in [1.82, 2.24) is 14.9 Å². The second-order valence-electron chi connectivity index (χ2n) is 5.97. The minimum absolute atomic E-state index is 0.0217. The molecule has 2 bridgehead atoms. The lowest BCUT2D eigenvalue weighted by atomic mass is 9.93. The second kappa shape index (κ2) is 6.79. The quantitative estimate of drug-likeness (QED) is 0.492. The molecule has 3 unspecified atom stereocenters. The number of thioether (sulfide) groups is 1. The number of aromatic nitrogens is 2. The van der Waals surface area contributed by atoms with E-state index in [0.29, 0.717) is 41.6 Å². The topological polar surface area (TPSA) is 66.3 Å². The standard InChI is InChI=1S/C16H21N3O2S/c1-22-16-17-8-14(9-18-16)15(21)19(4-5-20)10-13-7-11-2-3-12(13)6-11/h2-3,8-9,11-13,20H,4-7,10H2,1H3. The maximum absolute atomic E-state index is 12.6. The minimum Gasteiger partial charge on any atom is -0.395 e. The number of nitrogens with zero attached hydrogens (tertiary/aromatic N) is 3. The molecule has 0 aliphatic heterocycles. The molecule has 1 amide bonds. The van der Waals surface area contributed by atoms with E-state index in [-0.39, 0.29) is 12.5 Å². The lowest BCUT2D eigenvalue weighted by Gasteiger charge is -2.28. The monoisotopic (exact) mass is 319 g/mol. The van der Waals surface area contributed by atoms with Gasteiger partial charge < -0.3 is 10.0 Å². The Balaban J connectivity index is 1.69. The number of carbonyl (C=O) groups is 1. The summed E-state index contributed by atoms with van der Waals surface area (Å²) in [6, 6.07) is 0. The fourth-order valence-electron chi connectivity index (χ4n) is 3.50. The van der Waals surface area contributed by atoms with E-state index in [1.165, 1.54) is 18.2 Å². The summed E-state index contributed by atoms with van der Waals surface area (Å²) >= 11 is 1.45. The molecule has 1 saturated carbocycles. The van der Waals surface area contributed by atoms with Crippen molar-refractivity contribution in [2.24, 2.45) is 17.8 Å². The van der Waals surface area contributed by atoms with Gasteiger partial charge in [-0.2, -0.15) is 0 Å². The number of hydrogen-bond acceptors (Lipinski definition) is 5. The Morgan fingerprint density at radius 2 is 2.14 bits per heavy atom. The normalized spacial score (nSPS) is 25.6. The smallest absolute Gasteiger partial charge is 0.257 e. The van der Waals surface area contributed by atoms with E-state index in [4.69, 9.17) is 0 Å². The maximum atomic E-state index is 12.6. The zero-order valence-corrected chi connectivity index (χ0v) is 13.5. The van der Waals surface area contributed by atoms with Gasteiger partial charge in [-0.15, -0.1) is 0 Å². The van der Waals surface area contributed by atoms with Gasteiger partial charge in [-0.1, -0.05) is 23.9 Å². The zero-order chi connectivity index (χ0) is 15.5. The summed E-state index contributed by atoms with van der Waals surface area (Å²) in [5, 5.41) is 9.93. The van der Waals surface area contributed by atoms with Crippen LogP contribution in [0.25, 0.3) is 0 Å². The van der Waals surface area contributed by atoms with Crippen LogP contribution in [0.15, 0.2) is 29.7 Å². The highest BCUT2D eigenvalue weighted by atomic mass is 32.2. The number of allylic oxidation sites excluding steroid dienone is 2. The minimum atomic E-state index is -0.0894. The summed E-state index contributed by atoms with van der Waals surface area (Å²) in [6.07, 6.45) is 12.0. The van der Waals surface area contributed by atoms with Crippen molar-refractivity contribution in [3.63, 3.8) is 0 Å². The van der Waals surface area contributed by atoms with Gasteiger partial charge in [-0.25, -0.2) is 9.97 Å². The van der Waals surface area contributed by atoms with Crippen LogP contribution in [-0.4, -0.2) is 51.8 Å². The molecule has 1 aromatic rings. The maximum Gasteiger partial charge on any atom is 0.257 e. The van der Waals surface area contributed by atoms with Crippen LogP contribution >= 0.6 is 11.8 Å². The number of aliphatic hydroxyl groups excluding tert-OH is 1. The Hall–Kier alpha value is -1.40. The predicted octanol–water partition coefficient (Wildman–Crippen LogP) is 1.85. The molecule has 1 N–H and O–H groups in total. The Kier molecular flexibility index (Phi) is 4.78. The first-order valence-electron chi connectivity index (χ1n) is 7.65. The Bertz CT molecular complexity index is 561. The number of carbonyl (C=O) groups excluding carboxylic acids is 1. The number of rotatable bonds is 6. The van der Waals surface area contributed by atoms with Gasteiger partial charge in [0.1, 0.15) is 0 Å². The summed E-state index contributed by atoms with van der Waals surface area (Å²) in [6.45, 7) is 1.04. The van der Waals surface area contributed by atoms with Crippen LogP contribution in [0.5, 0.6) is 0 Å². The van der Waals surface area contributed by atoms with Gasteiger partial charge in [0.25, 0.3) is 5.91 Å². The van der Waals surface area contributed by atoms with Crippen molar-refractivity contribution >= 4 is 17.7 Å². The first-order chi connectivity index (χ1) is 10.7. The SMILES string of the molecule is CSc1ncc(C(=O)N(CCO)CC2CC3C=CC2C3)cn1. The third-order valence-electron chi connectivity index (χ3n) is 4.59. The van der Waals surface area contributed by atoms with Crippen LogP contribution in [0.2, 0.25) is 0 Å². The molecule has 0 aromatic carbocycles. The lowest BCUT2D eigenvalue weighted by Crippen LogP contribution is -2.38. The lowest BCUT2D eigenvalue weighted by molar-refractivity contribution is 0.0680. The van der Waals surface area contributed by atoms with Gasteiger partial charge in [0, 0.05) is 25.5 Å². The van der Waals surface area contributed by atoms with Crippen LogP contribution < -0.4 is 0 Å². The molecule has 5 nitrogen and oxygen atoms in total. The van der Waals surface area contributed by atoms with Crippen LogP contribution in [0.3, 0.4) is 0 Å². The molecule has 0 spiro atoms. The van der Waals surface area contributed by atoms with E-state index in [0.717, 1.165) is 6.42 Å². The summed E-state index contributed by atoms with van der Waals surface area (Å²) in [5.74, 6) is 1.70. The van der Waals surface area contributed by atoms with E-state index in [1.54, 1.807) is 17.3 Å². The van der Waals surface area contributed by atoms with Gasteiger partial charge >= 0.3 is 0 Å². The molecule has 1 aromatic heterocycles. The van der Waals surface area contributed by atoms with Gasteiger partial charge in [0.2, 0.25) is 0 Å². The highest BCUT2D eigenvalue weighted by Crippen LogP contribution is 2.43. The van der Waals surface area contributed by atoms with E-state index in [2.05, 4.69) is 22.1 Å². The fraction of sp³-hybridized carbons (Fsp3) is 0.562. The largest absolute Gasteiger partial charge is 0.395 e. The van der Waals surface area contributed by atoms with Gasteiger partial charge in [0.05, 0.1) is 12.2 Å². The number of aliphatic hydroxyl groups is 1. The van der Waals surface area contributed by atoms with Crippen LogP contribution in [0, 0.1) is 17.8 Å². The van der Waals surface area contributed by atoms with E-state index in [9.17, 15) is 9.90 Å². The molecule has 0 radical (unpaired) electrons. The first-order valence-corrected chi connectivity index (χ1v) is 8.88. The molecule has 1 fully saturated rings. The molecule has 22 heavy (non-hydrogen) atoms. The summed E-state index contributed by atoms with van der Waals surface area (Å²) in [7, 11) is 0. The average Bonchev–Trinajstić information content (AvgIpc) is 3.17. The fourth-order valence-corrected chi connectivity index (χ4v) is 3.81. The average molecular weight is 319 g/mol. The molecule has 118 valence electrons. The number of hydrogen-bond donors (Lipinski definition) is 1. The molecule has 3 atom stereocenters. The highest BCUT2D eigenvalue weighted by Gasteiger charge is 2.37. The van der Waals surface area contributed by atoms with Crippen molar-refractivity contribution in [2.75, 3.05) is 26.0 Å². The summed E-state index contributed by atoms with van der Waals surface area (Å²) in [5.41, 5.74) is 0.491. The summed E-state index contributed by atoms with van der Waals surface area (Å²) in [4.78, 5) is 22.7. The first kappa shape index (κ1) is 15.5. The Morgan fingerprint density at radius 3 is 2.68 bits per heavy atom. The van der Waals surface area contributed by atoms with Crippen LogP contribution in [-0.2, 0) is 0 Å². The molecule has 2 aliphatic carbocycles. The molecular weight excluding hydrogens is 298 g/mol. The van der Waals surface area contributed by atoms with Crippen molar-refractivity contribution < 1.29 is 9.90 Å². The second-order valence-corrected chi connectivity index (χ2v) is 6.75. The molecule has 2 aliphatic rings. The van der Waals surface area contributed by atoms with Crippen LogP contribution in [0.1, 0.15) is 23.2 Å². The van der Waals surface area contributed by atoms with E-state index < -0.39 is 0 Å². The summed E-state index contributed by atoms with van der Waals surface area (Å²) < 4.78 is 0. The third-order valence-corrected chi connectivity index (χ3v) is 5.16. The third kappa shape index (κ3) is 3.17. The van der Waals surface area contributed by atoms with Gasteiger partial charge in [-0.3, -0.25) is 4.79 Å². The van der Waals surface area contributed by atoms with Crippen LogP contribution in [0.4, 0.5) is 0 Å². The number of amides is 1. The molecule has 0 saturated heterocycles. The van der Waals surface area contributed by atoms with E-state index >= 15 is 0 Å². The number of fused-ring (bicyclic) bond motifs is 2. The van der Waals surface area contributed by atoms with Crippen molar-refractivity contribution in [3.05, 3.63) is 30.1 Å². The van der Waals surface area contributed by atoms with E-state index in [1.807, 2.05) is 6.26 Å². The van der Waals surface area contributed by atoms with Crippen molar-refractivity contribution in [1.29, 1.82) is 0 Å². The van der Waals surface area contributed by atoms with Crippen molar-refractivity contribution in [2.45, 2.75) is 18.0 Å². The Morgan fingerprint density at radius 1 is 1.36 bits per heavy atom. The predicted molar refractivity (Wildman–Crippen MR) is 85.6 cm³/mol. The highest BCUT2D eigenvalue weighted by molar-refractivity contribution is 7.98. The zero-order valence-electron chi connectivity index (χ0n) is 12.7. The molecule has 3 rings (SSSR count). The van der Waals surface area contributed by atoms with Crippen molar-refractivity contribution in [3.8, 4) is 0 Å². The Labute approximate surface area is 134 Å². The molecule has 6 heteroatoms. The molecule has 1 heterocycles. The molecular formula is C16H21N3O2S. The van der Waals surface area contributed by atoms with Gasteiger partial charge in [-0.05, 0) is 36.9 Å². The van der Waals surface area contributed by atoms with Gasteiger partial charge in [0.15, 0.2) is 5.16 Å².